The van der Waals surface area contributed by atoms with E-state index in [-0.39, 0.29) is 17.5 Å². The van der Waals surface area contributed by atoms with E-state index in [1.165, 1.54) is 0 Å². The van der Waals surface area contributed by atoms with E-state index >= 15 is 0 Å². The summed E-state index contributed by atoms with van der Waals surface area (Å²) in [5, 5.41) is 14.0. The standard InChI is InChI=1S/C15H16N2O2/c1-12-6-5-9-14(10-12)16-15(11-17(18)19)13-7-3-2-4-8-13/h2-10,15-16H,11H2,1H3. The molecular weight excluding hydrogens is 240 g/mol. The molecule has 0 bridgehead atoms. The molecule has 0 aliphatic heterocycles. The molecule has 2 rings (SSSR count). The van der Waals surface area contributed by atoms with Crippen molar-refractivity contribution in [1.82, 2.24) is 0 Å². The van der Waals surface area contributed by atoms with Crippen molar-refractivity contribution in [2.24, 2.45) is 0 Å². The number of rotatable bonds is 5. The molecule has 1 N–H and O–H groups in total. The zero-order chi connectivity index (χ0) is 13.7. The molecule has 0 spiro atoms. The topological polar surface area (TPSA) is 55.2 Å². The Morgan fingerprint density at radius 1 is 1.16 bits per heavy atom. The minimum Gasteiger partial charge on any atom is -0.372 e. The van der Waals surface area contributed by atoms with E-state index in [0.717, 1.165) is 16.8 Å². The van der Waals surface area contributed by atoms with E-state index in [0.29, 0.717) is 0 Å². The Morgan fingerprint density at radius 3 is 2.53 bits per heavy atom. The van der Waals surface area contributed by atoms with E-state index in [1.54, 1.807) is 0 Å². The Bertz CT molecular complexity index is 555. The number of nitro groups is 1. The summed E-state index contributed by atoms with van der Waals surface area (Å²) < 4.78 is 0. The molecule has 0 aliphatic carbocycles. The third kappa shape index (κ3) is 3.81. The van der Waals surface area contributed by atoms with Gasteiger partial charge in [0.2, 0.25) is 6.54 Å². The van der Waals surface area contributed by atoms with Crippen molar-refractivity contribution in [1.29, 1.82) is 0 Å². The summed E-state index contributed by atoms with van der Waals surface area (Å²) >= 11 is 0. The van der Waals surface area contributed by atoms with Gasteiger partial charge < -0.3 is 5.32 Å². The average Bonchev–Trinajstić information content (AvgIpc) is 2.38. The summed E-state index contributed by atoms with van der Waals surface area (Å²) in [6.45, 7) is 1.86. The molecule has 0 saturated carbocycles. The maximum absolute atomic E-state index is 10.8. The van der Waals surface area contributed by atoms with Gasteiger partial charge in [0.25, 0.3) is 0 Å². The van der Waals surface area contributed by atoms with Gasteiger partial charge >= 0.3 is 0 Å². The van der Waals surface area contributed by atoms with Crippen LogP contribution in [-0.2, 0) is 0 Å². The van der Waals surface area contributed by atoms with Gasteiger partial charge in [-0.2, -0.15) is 0 Å². The molecule has 0 fully saturated rings. The van der Waals surface area contributed by atoms with Crippen LogP contribution in [0.25, 0.3) is 0 Å². The monoisotopic (exact) mass is 256 g/mol. The third-order valence-electron chi connectivity index (χ3n) is 2.89. The van der Waals surface area contributed by atoms with Crippen LogP contribution in [0.3, 0.4) is 0 Å². The van der Waals surface area contributed by atoms with Crippen LogP contribution in [0.15, 0.2) is 54.6 Å². The summed E-state index contributed by atoms with van der Waals surface area (Å²) in [7, 11) is 0. The Hall–Kier alpha value is -2.36. The summed E-state index contributed by atoms with van der Waals surface area (Å²) in [6.07, 6.45) is 0. The summed E-state index contributed by atoms with van der Waals surface area (Å²) in [6, 6.07) is 17.0. The van der Waals surface area contributed by atoms with Crippen molar-refractivity contribution < 1.29 is 4.92 Å². The first-order valence-corrected chi connectivity index (χ1v) is 6.15. The summed E-state index contributed by atoms with van der Waals surface area (Å²) in [4.78, 5) is 10.5. The molecule has 4 nitrogen and oxygen atoms in total. The Balaban J connectivity index is 2.21. The number of nitrogens with zero attached hydrogens (tertiary/aromatic N) is 1. The van der Waals surface area contributed by atoms with Gasteiger partial charge in [0.1, 0.15) is 6.04 Å². The van der Waals surface area contributed by atoms with Crippen molar-refractivity contribution >= 4 is 5.69 Å². The molecule has 0 aliphatic rings. The minimum atomic E-state index is -0.321. The van der Waals surface area contributed by atoms with Crippen LogP contribution in [-0.4, -0.2) is 11.5 Å². The van der Waals surface area contributed by atoms with Gasteiger partial charge in [-0.25, -0.2) is 0 Å². The average molecular weight is 256 g/mol. The maximum atomic E-state index is 10.8. The van der Waals surface area contributed by atoms with Gasteiger partial charge in [-0.3, -0.25) is 10.1 Å². The number of hydrogen-bond donors (Lipinski definition) is 1. The zero-order valence-electron chi connectivity index (χ0n) is 10.7. The number of hydrogen-bond acceptors (Lipinski definition) is 3. The van der Waals surface area contributed by atoms with Gasteiger partial charge in [0, 0.05) is 10.6 Å². The smallest absolute Gasteiger partial charge is 0.227 e. The first kappa shape index (κ1) is 13.1. The molecule has 1 atom stereocenters. The lowest BCUT2D eigenvalue weighted by Gasteiger charge is -2.17. The largest absolute Gasteiger partial charge is 0.372 e. The van der Waals surface area contributed by atoms with Crippen molar-refractivity contribution in [3.05, 3.63) is 75.8 Å². The minimum absolute atomic E-state index is 0.141. The van der Waals surface area contributed by atoms with Crippen LogP contribution in [0.4, 0.5) is 5.69 Å². The molecule has 4 heteroatoms. The first-order valence-electron chi connectivity index (χ1n) is 6.15. The second-order valence-corrected chi connectivity index (χ2v) is 4.49. The molecule has 0 radical (unpaired) electrons. The fraction of sp³-hybridized carbons (Fsp3) is 0.200. The highest BCUT2D eigenvalue weighted by Gasteiger charge is 2.17. The van der Waals surface area contributed by atoms with Crippen molar-refractivity contribution in [2.75, 3.05) is 11.9 Å². The molecule has 2 aromatic carbocycles. The highest BCUT2D eigenvalue weighted by Crippen LogP contribution is 2.20. The molecular formula is C15H16N2O2. The lowest BCUT2D eigenvalue weighted by Crippen LogP contribution is -2.20. The quantitative estimate of drug-likeness (QED) is 0.658. The Kier molecular flexibility index (Phi) is 4.13. The molecule has 0 heterocycles. The molecule has 98 valence electrons. The molecule has 19 heavy (non-hydrogen) atoms. The SMILES string of the molecule is Cc1cccc(NC(C[N+](=O)[O-])c2ccccc2)c1. The van der Waals surface area contributed by atoms with Crippen LogP contribution in [0.1, 0.15) is 17.2 Å². The number of benzene rings is 2. The van der Waals surface area contributed by atoms with Crippen molar-refractivity contribution in [2.45, 2.75) is 13.0 Å². The van der Waals surface area contributed by atoms with Gasteiger partial charge in [-0.15, -0.1) is 0 Å². The number of nitrogens with one attached hydrogen (secondary N) is 1. The van der Waals surface area contributed by atoms with Gasteiger partial charge in [0.15, 0.2) is 0 Å². The lowest BCUT2D eigenvalue weighted by molar-refractivity contribution is -0.482. The van der Waals surface area contributed by atoms with E-state index < -0.39 is 0 Å². The van der Waals surface area contributed by atoms with Gasteiger partial charge in [-0.05, 0) is 30.2 Å². The first-order chi connectivity index (χ1) is 9.15. The molecule has 2 aromatic rings. The molecule has 0 saturated heterocycles. The molecule has 1 unspecified atom stereocenters. The maximum Gasteiger partial charge on any atom is 0.227 e. The Morgan fingerprint density at radius 2 is 1.89 bits per heavy atom. The van der Waals surface area contributed by atoms with Crippen LogP contribution in [0, 0.1) is 17.0 Å². The lowest BCUT2D eigenvalue weighted by atomic mass is 10.1. The number of aryl methyl sites for hydroxylation is 1. The van der Waals surface area contributed by atoms with Crippen molar-refractivity contribution in [3.63, 3.8) is 0 Å². The Labute approximate surface area is 112 Å². The highest BCUT2D eigenvalue weighted by atomic mass is 16.6. The van der Waals surface area contributed by atoms with E-state index in [1.807, 2.05) is 61.5 Å². The van der Waals surface area contributed by atoms with Gasteiger partial charge in [0.05, 0.1) is 0 Å². The third-order valence-corrected chi connectivity index (χ3v) is 2.89. The fourth-order valence-electron chi connectivity index (χ4n) is 2.00. The molecule has 0 aromatic heterocycles. The second-order valence-electron chi connectivity index (χ2n) is 4.49. The van der Waals surface area contributed by atoms with Crippen LogP contribution < -0.4 is 5.32 Å². The normalized spacial score (nSPS) is 11.8. The van der Waals surface area contributed by atoms with E-state index in [4.69, 9.17) is 0 Å². The summed E-state index contributed by atoms with van der Waals surface area (Å²) in [5.74, 6) is 0. The fourth-order valence-corrected chi connectivity index (χ4v) is 2.00. The number of anilines is 1. The van der Waals surface area contributed by atoms with Crippen LogP contribution in [0.2, 0.25) is 0 Å². The van der Waals surface area contributed by atoms with Crippen LogP contribution >= 0.6 is 0 Å². The highest BCUT2D eigenvalue weighted by molar-refractivity contribution is 5.47. The predicted octanol–water partition coefficient (Wildman–Crippen LogP) is 3.42. The van der Waals surface area contributed by atoms with Crippen molar-refractivity contribution in [3.8, 4) is 0 Å². The van der Waals surface area contributed by atoms with E-state index in [9.17, 15) is 10.1 Å². The molecule has 0 amide bonds. The second kappa shape index (κ2) is 6.00. The predicted molar refractivity (Wildman–Crippen MR) is 75.8 cm³/mol. The van der Waals surface area contributed by atoms with E-state index in [2.05, 4.69) is 5.32 Å². The van der Waals surface area contributed by atoms with Gasteiger partial charge in [-0.1, -0.05) is 42.5 Å². The van der Waals surface area contributed by atoms with Crippen LogP contribution in [0.5, 0.6) is 0 Å². The zero-order valence-corrected chi connectivity index (χ0v) is 10.7. The summed E-state index contributed by atoms with van der Waals surface area (Å²) in [5.41, 5.74) is 2.94.